The molecule has 0 saturated heterocycles. The van der Waals surface area contributed by atoms with Gasteiger partial charge in [-0.25, -0.2) is 0 Å². The molecule has 0 spiro atoms. The minimum atomic E-state index is 0.0586. The maximum atomic E-state index is 6.52. The quantitative estimate of drug-likeness (QED) is 0.136. The van der Waals surface area contributed by atoms with Crippen LogP contribution in [0, 0.1) is 0 Å². The third-order valence-corrected chi connectivity index (χ3v) is 15.6. The summed E-state index contributed by atoms with van der Waals surface area (Å²) in [5.41, 5.74) is 22.8. The number of para-hydroxylation sites is 5. The molecule has 10 aromatic carbocycles. The molecular weight excluding hydrogens is 909 g/mol. The molecule has 75 heavy (non-hydrogen) atoms. The molecule has 0 amide bonds. The van der Waals surface area contributed by atoms with Gasteiger partial charge in [0, 0.05) is 50.3 Å². The van der Waals surface area contributed by atoms with Crippen molar-refractivity contribution in [2.45, 2.75) is 24.9 Å². The van der Waals surface area contributed by atoms with Gasteiger partial charge in [0.2, 0.25) is 0 Å². The summed E-state index contributed by atoms with van der Waals surface area (Å²) in [4.78, 5) is 2.41. The maximum absolute atomic E-state index is 6.52. The van der Waals surface area contributed by atoms with Gasteiger partial charge in [0.15, 0.2) is 0 Å². The Labute approximate surface area is 438 Å². The summed E-state index contributed by atoms with van der Waals surface area (Å²) in [6.07, 6.45) is 15.3. The van der Waals surface area contributed by atoms with Crippen LogP contribution in [0.1, 0.15) is 35.4 Å². The first-order chi connectivity index (χ1) is 37.2. The molecule has 0 radical (unpaired) electrons. The molecule has 2 heterocycles. The Morgan fingerprint density at radius 3 is 1.53 bits per heavy atom. The highest BCUT2D eigenvalue weighted by atomic mass is 16.5. The summed E-state index contributed by atoms with van der Waals surface area (Å²) >= 11 is 0. The van der Waals surface area contributed by atoms with Crippen molar-refractivity contribution in [3.63, 3.8) is 0 Å². The molecular formula is C72H52N2O. The van der Waals surface area contributed by atoms with Crippen LogP contribution in [-0.4, -0.2) is 10.7 Å². The first-order valence-corrected chi connectivity index (χ1v) is 26.2. The van der Waals surface area contributed by atoms with Crippen molar-refractivity contribution in [2.24, 2.45) is 0 Å². The molecule has 0 saturated carbocycles. The van der Waals surface area contributed by atoms with Gasteiger partial charge >= 0.3 is 0 Å². The number of aromatic nitrogens is 1. The summed E-state index contributed by atoms with van der Waals surface area (Å²) in [7, 11) is 0. The molecule has 3 aliphatic rings. The smallest absolute Gasteiger partial charge is 0.132 e. The zero-order chi connectivity index (χ0) is 49.7. The lowest BCUT2D eigenvalue weighted by atomic mass is 9.89. The molecule has 0 bridgehead atoms. The van der Waals surface area contributed by atoms with E-state index >= 15 is 0 Å². The molecule has 3 heteroatoms. The van der Waals surface area contributed by atoms with E-state index < -0.39 is 0 Å². The van der Waals surface area contributed by atoms with E-state index in [4.69, 9.17) is 4.74 Å². The van der Waals surface area contributed by atoms with Crippen LogP contribution in [0.4, 0.5) is 17.1 Å². The zero-order valence-electron chi connectivity index (χ0n) is 41.4. The van der Waals surface area contributed by atoms with Gasteiger partial charge in [0.25, 0.3) is 0 Å². The fourth-order valence-corrected chi connectivity index (χ4v) is 11.8. The predicted octanol–water partition coefficient (Wildman–Crippen LogP) is 19.2. The molecule has 0 fully saturated rings. The van der Waals surface area contributed by atoms with E-state index in [0.717, 1.165) is 57.9 Å². The van der Waals surface area contributed by atoms with Gasteiger partial charge in [-0.3, -0.25) is 0 Å². The Morgan fingerprint density at radius 2 is 0.867 bits per heavy atom. The summed E-state index contributed by atoms with van der Waals surface area (Å²) < 4.78 is 8.97. The van der Waals surface area contributed by atoms with Crippen molar-refractivity contribution in [3.05, 3.63) is 296 Å². The summed E-state index contributed by atoms with van der Waals surface area (Å²) in [6, 6.07) is 88.5. The Bertz CT molecular complexity index is 4010. The first-order valence-electron chi connectivity index (χ1n) is 26.2. The van der Waals surface area contributed by atoms with Crippen LogP contribution >= 0.6 is 0 Å². The number of hydrogen-bond acceptors (Lipinski definition) is 2. The van der Waals surface area contributed by atoms with Gasteiger partial charge in [-0.15, -0.1) is 0 Å². The van der Waals surface area contributed by atoms with E-state index in [1.807, 2.05) is 0 Å². The Hall–Kier alpha value is -9.44. The SMILES string of the molecule is C1=CC2Oc3c(-c4ccc(-c5ccc(N(c6ccc(C7=CC=C(c8ccccc8-n8c9ccccc9c9ccccc98)CC7)cc6)c6ccccc6-c6ccc(-c7ccccc7)cc6)cc5)cc4)cccc3C2C=C1. The van der Waals surface area contributed by atoms with Crippen molar-refractivity contribution >= 4 is 50.0 Å². The van der Waals surface area contributed by atoms with E-state index in [-0.39, 0.29) is 12.0 Å². The van der Waals surface area contributed by atoms with E-state index in [1.54, 1.807) is 0 Å². The van der Waals surface area contributed by atoms with Crippen molar-refractivity contribution < 1.29 is 4.74 Å². The van der Waals surface area contributed by atoms with E-state index in [0.29, 0.717) is 0 Å². The Morgan fingerprint density at radius 1 is 0.373 bits per heavy atom. The standard InChI is InChI=1S/C72H52N2O/c1-2-15-49(16-3-1)50-29-35-55(36-30-50)60-17-4-9-24-67(60)73(59-47-43-54(44-48-59)52-33-39-57(40-34-52)62-22-14-23-66-65-21-8-13-28-71(65)75-72(62)66)58-45-41-53(42-46-58)51-31-37-56(38-32-51)61-18-5-10-25-68(61)74-69-26-11-6-19-63(69)64-20-7-12-27-70(64)74/h1-31,33-37,39-48,65,71H,32,38H2. The Kier molecular flexibility index (Phi) is 11.1. The molecule has 356 valence electrons. The lowest BCUT2D eigenvalue weighted by molar-refractivity contribution is 0.270. The van der Waals surface area contributed by atoms with E-state index in [9.17, 15) is 0 Å². The third-order valence-electron chi connectivity index (χ3n) is 15.6. The van der Waals surface area contributed by atoms with Crippen LogP contribution in [0.3, 0.4) is 0 Å². The minimum absolute atomic E-state index is 0.0586. The fourth-order valence-electron chi connectivity index (χ4n) is 11.8. The third kappa shape index (κ3) is 8.01. The van der Waals surface area contributed by atoms with Crippen molar-refractivity contribution in [1.29, 1.82) is 0 Å². The number of fused-ring (bicyclic) bond motifs is 6. The number of ether oxygens (including phenoxy) is 1. The van der Waals surface area contributed by atoms with Gasteiger partial charge in [-0.1, -0.05) is 225 Å². The van der Waals surface area contributed by atoms with Gasteiger partial charge in [0.1, 0.15) is 11.9 Å². The molecule has 2 atom stereocenters. The number of allylic oxidation sites excluding steroid dienone is 6. The lowest BCUT2D eigenvalue weighted by Gasteiger charge is -2.28. The van der Waals surface area contributed by atoms with Crippen LogP contribution in [0.5, 0.6) is 5.75 Å². The highest BCUT2D eigenvalue weighted by molar-refractivity contribution is 6.09. The number of rotatable bonds is 10. The Balaban J connectivity index is 0.790. The summed E-state index contributed by atoms with van der Waals surface area (Å²) in [5, 5.41) is 2.56. The van der Waals surface area contributed by atoms with Gasteiger partial charge in [0.05, 0.1) is 22.4 Å². The topological polar surface area (TPSA) is 17.4 Å². The molecule has 0 N–H and O–H groups in total. The largest absolute Gasteiger partial charge is 0.484 e. The van der Waals surface area contributed by atoms with Crippen LogP contribution in [0.15, 0.2) is 279 Å². The van der Waals surface area contributed by atoms with Crippen molar-refractivity contribution in [1.82, 2.24) is 4.57 Å². The summed E-state index contributed by atoms with van der Waals surface area (Å²) in [6.45, 7) is 0. The molecule has 2 aliphatic carbocycles. The number of benzene rings is 10. The van der Waals surface area contributed by atoms with Crippen LogP contribution < -0.4 is 9.64 Å². The maximum Gasteiger partial charge on any atom is 0.132 e. The van der Waals surface area contributed by atoms with Crippen molar-refractivity contribution in [2.75, 3.05) is 4.90 Å². The molecule has 3 nitrogen and oxygen atoms in total. The molecule has 14 rings (SSSR count). The highest BCUT2D eigenvalue weighted by Crippen LogP contribution is 2.48. The zero-order valence-corrected chi connectivity index (χ0v) is 41.4. The lowest BCUT2D eigenvalue weighted by Crippen LogP contribution is -2.15. The predicted molar refractivity (Wildman–Crippen MR) is 314 cm³/mol. The van der Waals surface area contributed by atoms with Gasteiger partial charge in [-0.05, 0) is 118 Å². The molecule has 2 unspecified atom stereocenters. The van der Waals surface area contributed by atoms with Crippen LogP contribution in [-0.2, 0) is 0 Å². The monoisotopic (exact) mass is 960 g/mol. The number of nitrogens with zero attached hydrogens (tertiary/aromatic N) is 2. The molecule has 11 aromatic rings. The normalized spacial score (nSPS) is 15.5. The van der Waals surface area contributed by atoms with Gasteiger partial charge in [-0.2, -0.15) is 0 Å². The first kappa shape index (κ1) is 44.3. The van der Waals surface area contributed by atoms with E-state index in [1.165, 1.54) is 77.6 Å². The second-order valence-electron chi connectivity index (χ2n) is 19.8. The summed E-state index contributed by atoms with van der Waals surface area (Å²) in [5.74, 6) is 1.26. The second-order valence-corrected chi connectivity index (χ2v) is 19.8. The minimum Gasteiger partial charge on any atom is -0.484 e. The highest BCUT2D eigenvalue weighted by Gasteiger charge is 2.33. The van der Waals surface area contributed by atoms with Gasteiger partial charge < -0.3 is 14.2 Å². The van der Waals surface area contributed by atoms with Crippen LogP contribution in [0.2, 0.25) is 0 Å². The fraction of sp³-hybridized carbons (Fsp3) is 0.0556. The van der Waals surface area contributed by atoms with Crippen molar-refractivity contribution in [3.8, 4) is 55.9 Å². The number of hydrogen-bond donors (Lipinski definition) is 0. The number of anilines is 3. The van der Waals surface area contributed by atoms with E-state index in [2.05, 4.69) is 289 Å². The second kappa shape index (κ2) is 18.9. The van der Waals surface area contributed by atoms with Crippen LogP contribution in [0.25, 0.3) is 83.1 Å². The average molecular weight is 961 g/mol. The molecule has 1 aliphatic heterocycles. The molecule has 1 aromatic heterocycles. The average Bonchev–Trinajstić information content (AvgIpc) is 4.05.